The zero-order valence-corrected chi connectivity index (χ0v) is 19.7. The third kappa shape index (κ3) is 4.63. The van der Waals surface area contributed by atoms with Crippen LogP contribution in [0.4, 0.5) is 10.8 Å². The number of rotatable bonds is 6. The lowest BCUT2D eigenvalue weighted by Crippen LogP contribution is -2.32. The van der Waals surface area contributed by atoms with Gasteiger partial charge in [-0.2, -0.15) is 0 Å². The van der Waals surface area contributed by atoms with Crippen LogP contribution in [0, 0.1) is 0 Å². The Labute approximate surface area is 192 Å². The van der Waals surface area contributed by atoms with Gasteiger partial charge in [-0.1, -0.05) is 39.0 Å². The van der Waals surface area contributed by atoms with Gasteiger partial charge in [0.1, 0.15) is 5.75 Å². The van der Waals surface area contributed by atoms with Crippen LogP contribution in [0.25, 0.3) is 0 Å². The Kier molecular flexibility index (Phi) is 5.96. The van der Waals surface area contributed by atoms with Crippen LogP contribution in [0.5, 0.6) is 5.75 Å². The molecule has 9 heteroatoms. The lowest BCUT2D eigenvalue weighted by molar-refractivity contribution is -0.122. The molecule has 1 aliphatic rings. The van der Waals surface area contributed by atoms with Crippen molar-refractivity contribution in [2.75, 3.05) is 16.2 Å². The predicted octanol–water partition coefficient (Wildman–Crippen LogP) is 4.43. The highest BCUT2D eigenvalue weighted by Crippen LogP contribution is 2.33. The summed E-state index contributed by atoms with van der Waals surface area (Å²) >= 11 is 1.20. The Morgan fingerprint density at radius 1 is 1.12 bits per heavy atom. The second-order valence-electron chi connectivity index (χ2n) is 8.57. The minimum Gasteiger partial charge on any atom is -0.480 e. The first kappa shape index (κ1) is 22.3. The first-order valence-corrected chi connectivity index (χ1v) is 12.6. The molecule has 1 atom stereocenters. The molecule has 0 saturated carbocycles. The van der Waals surface area contributed by atoms with Crippen molar-refractivity contribution >= 4 is 38.1 Å². The molecule has 168 valence electrons. The van der Waals surface area contributed by atoms with Crippen molar-refractivity contribution in [3.8, 4) is 5.75 Å². The average Bonchev–Trinajstić information content (AvgIpc) is 3.37. The number of anilines is 2. The molecule has 2 heterocycles. The Balaban J connectivity index is 1.48. The number of para-hydroxylation sites is 1. The number of hydrogen-bond acceptors (Lipinski definition) is 6. The Bertz CT molecular complexity index is 1200. The van der Waals surface area contributed by atoms with Crippen LogP contribution in [0.1, 0.15) is 32.8 Å². The van der Waals surface area contributed by atoms with Gasteiger partial charge < -0.3 is 9.64 Å². The molecule has 1 N–H and O–H groups in total. The number of sulfonamides is 1. The van der Waals surface area contributed by atoms with E-state index in [-0.39, 0.29) is 16.2 Å². The van der Waals surface area contributed by atoms with Crippen LogP contribution in [-0.4, -0.2) is 32.0 Å². The summed E-state index contributed by atoms with van der Waals surface area (Å²) < 4.78 is 33.6. The number of aromatic nitrogens is 1. The summed E-state index contributed by atoms with van der Waals surface area (Å²) in [6.45, 7) is 6.83. The van der Waals surface area contributed by atoms with Gasteiger partial charge >= 0.3 is 0 Å². The summed E-state index contributed by atoms with van der Waals surface area (Å²) in [5.74, 6) is 0.583. The molecule has 2 aromatic carbocycles. The van der Waals surface area contributed by atoms with E-state index in [1.807, 2.05) is 24.3 Å². The molecule has 1 unspecified atom stereocenters. The van der Waals surface area contributed by atoms with E-state index in [4.69, 9.17) is 4.74 Å². The molecule has 0 radical (unpaired) electrons. The molecule has 1 fully saturated rings. The minimum absolute atomic E-state index is 0.105. The monoisotopic (exact) mass is 471 g/mol. The molecule has 0 aliphatic carbocycles. The zero-order chi connectivity index (χ0) is 22.9. The van der Waals surface area contributed by atoms with Crippen molar-refractivity contribution in [3.05, 3.63) is 65.7 Å². The smallest absolute Gasteiger partial charge is 0.268 e. The Hall–Kier alpha value is -2.91. The minimum atomic E-state index is -3.74. The number of thiazole rings is 1. The highest BCUT2D eigenvalue weighted by atomic mass is 32.2. The summed E-state index contributed by atoms with van der Waals surface area (Å²) in [7, 11) is -3.74. The van der Waals surface area contributed by atoms with Crippen LogP contribution >= 0.6 is 11.3 Å². The average molecular weight is 472 g/mol. The highest BCUT2D eigenvalue weighted by molar-refractivity contribution is 7.93. The molecule has 4 rings (SSSR count). The third-order valence-electron chi connectivity index (χ3n) is 5.23. The van der Waals surface area contributed by atoms with Crippen LogP contribution in [0.15, 0.2) is 65.0 Å². The summed E-state index contributed by atoms with van der Waals surface area (Å²) in [5, 5.41) is 2.00. The van der Waals surface area contributed by atoms with Crippen LogP contribution in [0.3, 0.4) is 0 Å². The topological polar surface area (TPSA) is 88.6 Å². The fraction of sp³-hybridized carbons (Fsp3) is 0.304. The SMILES string of the molecule is CC(C)(C)c1ccccc1OC1CCN(c2ccc(S(=O)(=O)Nc3nccs3)cc2)C1=O. The fourth-order valence-electron chi connectivity index (χ4n) is 3.61. The lowest BCUT2D eigenvalue weighted by atomic mass is 9.86. The van der Waals surface area contributed by atoms with E-state index in [1.165, 1.54) is 29.7 Å². The summed E-state index contributed by atoms with van der Waals surface area (Å²) in [5.41, 5.74) is 1.58. The van der Waals surface area contributed by atoms with Crippen LogP contribution in [0.2, 0.25) is 0 Å². The van der Waals surface area contributed by atoms with Gasteiger partial charge in [-0.3, -0.25) is 9.52 Å². The van der Waals surface area contributed by atoms with Crippen LogP contribution < -0.4 is 14.4 Å². The Morgan fingerprint density at radius 3 is 2.50 bits per heavy atom. The molecule has 1 aromatic heterocycles. The quantitative estimate of drug-likeness (QED) is 0.575. The van der Waals surface area contributed by atoms with Gasteiger partial charge in [0.25, 0.3) is 15.9 Å². The first-order valence-electron chi connectivity index (χ1n) is 10.2. The number of ether oxygens (including phenoxy) is 1. The van der Waals surface area contributed by atoms with Gasteiger partial charge in [0.15, 0.2) is 11.2 Å². The second kappa shape index (κ2) is 8.55. The van der Waals surface area contributed by atoms with E-state index in [1.54, 1.807) is 22.4 Å². The lowest BCUT2D eigenvalue weighted by Gasteiger charge is -2.24. The largest absolute Gasteiger partial charge is 0.480 e. The molecule has 1 saturated heterocycles. The molecule has 3 aromatic rings. The van der Waals surface area contributed by atoms with Crippen molar-refractivity contribution < 1.29 is 17.9 Å². The Morgan fingerprint density at radius 2 is 1.84 bits per heavy atom. The highest BCUT2D eigenvalue weighted by Gasteiger charge is 2.35. The van der Waals surface area contributed by atoms with Crippen molar-refractivity contribution in [1.29, 1.82) is 0 Å². The molecule has 1 amide bonds. The molecule has 32 heavy (non-hydrogen) atoms. The molecular formula is C23H25N3O4S2. The normalized spacial score (nSPS) is 16.9. The van der Waals surface area contributed by atoms with E-state index in [0.717, 1.165) is 11.3 Å². The number of nitrogens with one attached hydrogen (secondary N) is 1. The maximum atomic E-state index is 13.0. The predicted molar refractivity (Wildman–Crippen MR) is 126 cm³/mol. The van der Waals surface area contributed by atoms with E-state index in [2.05, 4.69) is 30.5 Å². The second-order valence-corrected chi connectivity index (χ2v) is 11.1. The zero-order valence-electron chi connectivity index (χ0n) is 18.1. The number of nitrogens with zero attached hydrogens (tertiary/aromatic N) is 2. The van der Waals surface area contributed by atoms with E-state index < -0.39 is 16.1 Å². The van der Waals surface area contributed by atoms with Crippen LogP contribution in [-0.2, 0) is 20.2 Å². The van der Waals surface area contributed by atoms with Gasteiger partial charge in [-0.05, 0) is 41.3 Å². The van der Waals surface area contributed by atoms with Crippen molar-refractivity contribution in [2.45, 2.75) is 43.6 Å². The third-order valence-corrected chi connectivity index (χ3v) is 7.41. The van der Waals surface area contributed by atoms with Crippen molar-refractivity contribution in [2.24, 2.45) is 0 Å². The van der Waals surface area contributed by atoms with Gasteiger partial charge in [0.05, 0.1) is 4.90 Å². The number of carbonyl (C=O) groups is 1. The fourth-order valence-corrected chi connectivity index (χ4v) is 5.40. The number of hydrogen-bond donors (Lipinski definition) is 1. The number of amides is 1. The summed E-state index contributed by atoms with van der Waals surface area (Å²) in [4.78, 5) is 18.7. The molecule has 0 bridgehead atoms. The van der Waals surface area contributed by atoms with Gasteiger partial charge in [0, 0.05) is 30.2 Å². The van der Waals surface area contributed by atoms with E-state index >= 15 is 0 Å². The maximum Gasteiger partial charge on any atom is 0.268 e. The van der Waals surface area contributed by atoms with E-state index in [0.29, 0.717) is 23.8 Å². The molecule has 1 aliphatic heterocycles. The van der Waals surface area contributed by atoms with Gasteiger partial charge in [0.2, 0.25) is 0 Å². The van der Waals surface area contributed by atoms with Gasteiger partial charge in [-0.25, -0.2) is 13.4 Å². The number of carbonyl (C=O) groups excluding carboxylic acids is 1. The molecule has 0 spiro atoms. The standard InChI is InChI=1S/C23H25N3O4S2/c1-23(2,3)18-6-4-5-7-19(18)30-20-12-14-26(21(20)27)16-8-10-17(11-9-16)32(28,29)25-22-24-13-15-31-22/h4-11,13,15,20H,12,14H2,1-3H3,(H,24,25). The first-order chi connectivity index (χ1) is 15.1. The van der Waals surface area contributed by atoms with E-state index in [9.17, 15) is 13.2 Å². The number of benzene rings is 2. The van der Waals surface area contributed by atoms with Crippen molar-refractivity contribution in [1.82, 2.24) is 4.98 Å². The summed E-state index contributed by atoms with van der Waals surface area (Å²) in [6, 6.07) is 14.0. The maximum absolute atomic E-state index is 13.0. The van der Waals surface area contributed by atoms with Gasteiger partial charge in [-0.15, -0.1) is 11.3 Å². The summed E-state index contributed by atoms with van der Waals surface area (Å²) in [6.07, 6.45) is 1.51. The molecular weight excluding hydrogens is 446 g/mol. The van der Waals surface area contributed by atoms with Crippen molar-refractivity contribution in [3.63, 3.8) is 0 Å². The molecule has 7 nitrogen and oxygen atoms in total.